The third kappa shape index (κ3) is 3.51. The van der Waals surface area contributed by atoms with Gasteiger partial charge < -0.3 is 14.8 Å². The second kappa shape index (κ2) is 4.14. The van der Waals surface area contributed by atoms with Crippen LogP contribution in [-0.4, -0.2) is 32.0 Å². The maximum atomic E-state index is 10.7. The minimum absolute atomic E-state index is 0.458. The van der Waals surface area contributed by atoms with E-state index >= 15 is 0 Å². The molecular weight excluding hydrogens is 198 g/mol. The quantitative estimate of drug-likeness (QED) is 0.694. The van der Waals surface area contributed by atoms with Gasteiger partial charge >= 0.3 is 5.97 Å². The highest BCUT2D eigenvalue weighted by Crippen LogP contribution is 2.17. The summed E-state index contributed by atoms with van der Waals surface area (Å²) in [6.45, 7) is 6.85. The van der Waals surface area contributed by atoms with Crippen molar-refractivity contribution >= 4 is 14.3 Å². The molecule has 0 radical (unpaired) electrons. The molecule has 2 N–H and O–H groups in total. The molecule has 0 bridgehead atoms. The van der Waals surface area contributed by atoms with Gasteiger partial charge in [-0.3, -0.25) is 4.79 Å². The first-order valence-electron chi connectivity index (χ1n) is 4.73. The van der Waals surface area contributed by atoms with E-state index in [0.717, 1.165) is 5.76 Å². The number of hydrogen-bond acceptors (Lipinski definition) is 3. The molecule has 0 aromatic heterocycles. The summed E-state index contributed by atoms with van der Waals surface area (Å²) in [5.41, 5.74) is 0. The van der Waals surface area contributed by atoms with Gasteiger partial charge in [0.15, 0.2) is 0 Å². The fourth-order valence-electron chi connectivity index (χ4n) is 1.32. The van der Waals surface area contributed by atoms with Crippen LogP contribution in [0, 0.1) is 0 Å². The molecule has 0 amide bonds. The average Bonchev–Trinajstić information content (AvgIpc) is 2.01. The van der Waals surface area contributed by atoms with Crippen molar-refractivity contribution in [3.63, 3.8) is 0 Å². The molecule has 0 saturated carbocycles. The minimum atomic E-state index is -1.60. The summed E-state index contributed by atoms with van der Waals surface area (Å²) in [4.78, 5) is 10.7. The van der Waals surface area contributed by atoms with E-state index in [1.165, 1.54) is 0 Å². The maximum Gasteiger partial charge on any atom is 0.321 e. The van der Waals surface area contributed by atoms with Crippen LogP contribution in [-0.2, 0) is 9.22 Å². The average molecular weight is 215 g/mol. The Balaban J connectivity index is 2.56. The Labute approximate surface area is 85.1 Å². The Morgan fingerprint density at radius 2 is 2.29 bits per heavy atom. The fourth-order valence-corrected chi connectivity index (χ4v) is 2.28. The van der Waals surface area contributed by atoms with Crippen molar-refractivity contribution in [1.29, 1.82) is 0 Å². The monoisotopic (exact) mass is 215 g/mol. The van der Waals surface area contributed by atoms with Crippen molar-refractivity contribution in [3.8, 4) is 0 Å². The van der Waals surface area contributed by atoms with E-state index in [0.29, 0.717) is 13.0 Å². The topological polar surface area (TPSA) is 58.6 Å². The smallest absolute Gasteiger partial charge is 0.321 e. The van der Waals surface area contributed by atoms with Crippen LogP contribution in [0.15, 0.2) is 11.8 Å². The highest BCUT2D eigenvalue weighted by Gasteiger charge is 2.25. The molecule has 4 nitrogen and oxygen atoms in total. The summed E-state index contributed by atoms with van der Waals surface area (Å²) >= 11 is 0. The Morgan fingerprint density at radius 1 is 1.64 bits per heavy atom. The van der Waals surface area contributed by atoms with E-state index in [1.807, 2.05) is 6.08 Å². The normalized spacial score (nSPS) is 22.8. The zero-order valence-corrected chi connectivity index (χ0v) is 9.83. The van der Waals surface area contributed by atoms with E-state index in [9.17, 15) is 4.79 Å². The summed E-state index contributed by atoms with van der Waals surface area (Å²) in [6, 6.07) is -0.494. The van der Waals surface area contributed by atoms with E-state index in [2.05, 4.69) is 25.0 Å². The third-order valence-electron chi connectivity index (χ3n) is 1.83. The SMILES string of the molecule is C[Si](C)(C)OC1=CCNC(C(=O)O)C1. The van der Waals surface area contributed by atoms with E-state index in [-0.39, 0.29) is 0 Å². The van der Waals surface area contributed by atoms with Crippen molar-refractivity contribution in [3.05, 3.63) is 11.8 Å². The molecule has 0 fully saturated rings. The lowest BCUT2D eigenvalue weighted by Crippen LogP contribution is -2.41. The van der Waals surface area contributed by atoms with Crippen molar-refractivity contribution in [2.45, 2.75) is 32.1 Å². The maximum absolute atomic E-state index is 10.7. The van der Waals surface area contributed by atoms with Crippen LogP contribution in [0.4, 0.5) is 0 Å². The van der Waals surface area contributed by atoms with Crippen LogP contribution in [0.1, 0.15) is 6.42 Å². The van der Waals surface area contributed by atoms with Gasteiger partial charge in [-0.25, -0.2) is 0 Å². The van der Waals surface area contributed by atoms with Crippen molar-refractivity contribution in [2.24, 2.45) is 0 Å². The van der Waals surface area contributed by atoms with E-state index < -0.39 is 20.3 Å². The highest BCUT2D eigenvalue weighted by atomic mass is 28.4. The molecule has 1 aliphatic heterocycles. The summed E-state index contributed by atoms with van der Waals surface area (Å²) < 4.78 is 5.76. The Kier molecular flexibility index (Phi) is 3.33. The molecule has 0 aliphatic carbocycles. The van der Waals surface area contributed by atoms with Gasteiger partial charge in [0.05, 0.1) is 5.76 Å². The van der Waals surface area contributed by atoms with Crippen LogP contribution in [0.3, 0.4) is 0 Å². The van der Waals surface area contributed by atoms with Crippen LogP contribution < -0.4 is 5.32 Å². The standard InChI is InChI=1S/C9H17NO3Si/c1-14(2,3)13-7-4-5-10-8(6-7)9(11)12/h4,8,10H,5-6H2,1-3H3,(H,11,12). The first kappa shape index (κ1) is 11.3. The van der Waals surface area contributed by atoms with Crippen molar-refractivity contribution in [1.82, 2.24) is 5.32 Å². The lowest BCUT2D eigenvalue weighted by Gasteiger charge is -2.27. The number of carboxylic acids is 1. The molecule has 1 unspecified atom stereocenters. The predicted octanol–water partition coefficient (Wildman–Crippen LogP) is 1.17. The highest BCUT2D eigenvalue weighted by molar-refractivity contribution is 6.70. The predicted molar refractivity (Wildman–Crippen MR) is 56.6 cm³/mol. The molecule has 14 heavy (non-hydrogen) atoms. The Bertz CT molecular complexity index is 257. The molecule has 1 aliphatic rings. The molecule has 5 heteroatoms. The lowest BCUT2D eigenvalue weighted by molar-refractivity contribution is -0.139. The van der Waals surface area contributed by atoms with Gasteiger partial charge in [0.25, 0.3) is 0 Å². The number of aliphatic carboxylic acids is 1. The molecule has 0 saturated heterocycles. The number of nitrogens with one attached hydrogen (secondary N) is 1. The van der Waals surface area contributed by atoms with Crippen LogP contribution in [0.25, 0.3) is 0 Å². The van der Waals surface area contributed by atoms with Gasteiger partial charge in [-0.15, -0.1) is 0 Å². The van der Waals surface area contributed by atoms with Crippen LogP contribution in [0.2, 0.25) is 19.6 Å². The molecule has 0 aromatic rings. The number of carbonyl (C=O) groups is 1. The van der Waals surface area contributed by atoms with Gasteiger partial charge in [-0.2, -0.15) is 0 Å². The van der Waals surface area contributed by atoms with E-state index in [1.54, 1.807) is 0 Å². The van der Waals surface area contributed by atoms with Crippen LogP contribution in [0.5, 0.6) is 0 Å². The largest absolute Gasteiger partial charge is 0.547 e. The van der Waals surface area contributed by atoms with Gasteiger partial charge in [0, 0.05) is 13.0 Å². The van der Waals surface area contributed by atoms with Crippen LogP contribution >= 0.6 is 0 Å². The molecule has 0 aromatic carbocycles. The first-order chi connectivity index (χ1) is 6.38. The molecule has 1 atom stereocenters. The van der Waals surface area contributed by atoms with Gasteiger partial charge in [0.2, 0.25) is 8.32 Å². The third-order valence-corrected chi connectivity index (χ3v) is 2.71. The lowest BCUT2D eigenvalue weighted by atomic mass is 10.1. The molecule has 1 heterocycles. The zero-order chi connectivity index (χ0) is 10.8. The number of carboxylic acid groups (broad SMARTS) is 1. The Hall–Kier alpha value is -0.813. The molecule has 0 spiro atoms. The summed E-state index contributed by atoms with van der Waals surface area (Å²) in [6.07, 6.45) is 2.39. The van der Waals surface area contributed by atoms with E-state index in [4.69, 9.17) is 9.53 Å². The number of rotatable bonds is 3. The molecule has 1 rings (SSSR count). The summed E-state index contributed by atoms with van der Waals surface area (Å²) in [5, 5.41) is 11.7. The fraction of sp³-hybridized carbons (Fsp3) is 0.667. The Morgan fingerprint density at radius 3 is 2.79 bits per heavy atom. The first-order valence-corrected chi connectivity index (χ1v) is 8.13. The van der Waals surface area contributed by atoms with Crippen molar-refractivity contribution in [2.75, 3.05) is 6.54 Å². The summed E-state index contributed by atoms with van der Waals surface area (Å²) in [7, 11) is -1.60. The van der Waals surface area contributed by atoms with Gasteiger partial charge in [-0.1, -0.05) is 0 Å². The second-order valence-electron chi connectivity index (χ2n) is 4.39. The molecular formula is C9H17NO3Si. The second-order valence-corrected chi connectivity index (χ2v) is 8.82. The minimum Gasteiger partial charge on any atom is -0.547 e. The molecule has 80 valence electrons. The van der Waals surface area contributed by atoms with Gasteiger partial charge in [0.1, 0.15) is 6.04 Å². The van der Waals surface area contributed by atoms with Crippen molar-refractivity contribution < 1.29 is 14.3 Å². The zero-order valence-electron chi connectivity index (χ0n) is 8.83. The number of hydrogen-bond donors (Lipinski definition) is 2. The van der Waals surface area contributed by atoms with Gasteiger partial charge in [-0.05, 0) is 25.7 Å². The summed E-state index contributed by atoms with van der Waals surface area (Å²) in [5.74, 6) is 0.0186.